The van der Waals surface area contributed by atoms with Gasteiger partial charge in [-0.05, 0) is 43.0 Å². The van der Waals surface area contributed by atoms with Gasteiger partial charge in [-0.25, -0.2) is 9.98 Å². The number of aromatic nitrogens is 1. The predicted molar refractivity (Wildman–Crippen MR) is 120 cm³/mol. The zero-order valence-electron chi connectivity index (χ0n) is 17.4. The molecule has 9 nitrogen and oxygen atoms in total. The first-order chi connectivity index (χ1) is 15.0. The second-order valence-corrected chi connectivity index (χ2v) is 8.11. The van der Waals surface area contributed by atoms with E-state index in [4.69, 9.17) is 16.7 Å². The van der Waals surface area contributed by atoms with Crippen molar-refractivity contribution < 1.29 is 0 Å². The third kappa shape index (κ3) is 4.09. The van der Waals surface area contributed by atoms with Crippen molar-refractivity contribution in [3.8, 4) is 12.3 Å². The van der Waals surface area contributed by atoms with Crippen LogP contribution in [0, 0.1) is 28.7 Å². The summed E-state index contributed by atoms with van der Waals surface area (Å²) in [6.45, 7) is 5.36. The molecule has 31 heavy (non-hydrogen) atoms. The topological polar surface area (TPSA) is 152 Å². The van der Waals surface area contributed by atoms with Crippen LogP contribution >= 0.6 is 0 Å². The van der Waals surface area contributed by atoms with Crippen molar-refractivity contribution in [1.29, 1.82) is 10.5 Å². The minimum Gasteiger partial charge on any atom is -0.397 e. The van der Waals surface area contributed by atoms with E-state index in [1.807, 2.05) is 24.4 Å². The molecule has 2 aromatic rings. The van der Waals surface area contributed by atoms with Gasteiger partial charge in [0.2, 0.25) is 5.96 Å². The van der Waals surface area contributed by atoms with Gasteiger partial charge in [0.1, 0.15) is 29.3 Å². The van der Waals surface area contributed by atoms with E-state index in [0.717, 1.165) is 31.1 Å². The Balaban J connectivity index is 1.72. The molecular weight excluding hydrogens is 390 g/mol. The van der Waals surface area contributed by atoms with Gasteiger partial charge in [0.05, 0.1) is 5.69 Å². The largest absolute Gasteiger partial charge is 0.397 e. The molecule has 2 aliphatic heterocycles. The molecule has 1 unspecified atom stereocenters. The van der Waals surface area contributed by atoms with Gasteiger partial charge in [0, 0.05) is 12.1 Å². The normalized spacial score (nSPS) is 18.8. The standard InChI is InChI=1S/C22H25N9/c1-13-5-7-31(8-6-13)11-14-3-2-4-15(9-14)19-17-18(25)16(10-23)20(26)29-21(17)30-22(28-19)27-12-24/h2-4,9,13,19H,5-8,11H2,1H3,(H6,25,26,27,28,29,30). The minimum absolute atomic E-state index is 0.0382. The van der Waals surface area contributed by atoms with Gasteiger partial charge in [0.15, 0.2) is 6.19 Å². The number of nitrogens with zero attached hydrogens (tertiary/aromatic N) is 5. The van der Waals surface area contributed by atoms with Gasteiger partial charge in [0.25, 0.3) is 0 Å². The van der Waals surface area contributed by atoms with Crippen molar-refractivity contribution in [2.24, 2.45) is 10.9 Å². The summed E-state index contributed by atoms with van der Waals surface area (Å²) in [6, 6.07) is 9.68. The summed E-state index contributed by atoms with van der Waals surface area (Å²) in [4.78, 5) is 11.4. The maximum atomic E-state index is 9.47. The van der Waals surface area contributed by atoms with Crippen molar-refractivity contribution in [3.63, 3.8) is 0 Å². The summed E-state index contributed by atoms with van der Waals surface area (Å²) in [6.07, 6.45) is 4.30. The molecule has 0 amide bonds. The van der Waals surface area contributed by atoms with Crippen LogP contribution in [0.4, 0.5) is 17.3 Å². The van der Waals surface area contributed by atoms with Crippen LogP contribution in [0.5, 0.6) is 0 Å². The maximum Gasteiger partial charge on any atom is 0.211 e. The van der Waals surface area contributed by atoms with Crippen LogP contribution in [0.25, 0.3) is 0 Å². The molecule has 1 atom stereocenters. The van der Waals surface area contributed by atoms with E-state index in [1.54, 1.807) is 0 Å². The first kappa shape index (κ1) is 20.5. The molecule has 0 bridgehead atoms. The summed E-state index contributed by atoms with van der Waals surface area (Å²) >= 11 is 0. The van der Waals surface area contributed by atoms with E-state index in [1.165, 1.54) is 18.4 Å². The van der Waals surface area contributed by atoms with Gasteiger partial charge < -0.3 is 16.8 Å². The van der Waals surface area contributed by atoms with Gasteiger partial charge in [-0.2, -0.15) is 10.5 Å². The quantitative estimate of drug-likeness (QED) is 0.440. The summed E-state index contributed by atoms with van der Waals surface area (Å²) < 4.78 is 0. The number of guanidine groups is 1. The zero-order chi connectivity index (χ0) is 22.0. The number of hydrogen-bond acceptors (Lipinski definition) is 9. The molecule has 1 saturated heterocycles. The lowest BCUT2D eigenvalue weighted by Crippen LogP contribution is -2.33. The molecule has 0 saturated carbocycles. The Morgan fingerprint density at radius 3 is 2.74 bits per heavy atom. The number of aliphatic imine (C=N–C) groups is 1. The van der Waals surface area contributed by atoms with Crippen molar-refractivity contribution in [1.82, 2.24) is 15.2 Å². The average molecular weight is 416 g/mol. The second-order valence-electron chi connectivity index (χ2n) is 8.11. The minimum atomic E-state index is -0.520. The molecule has 4 rings (SSSR count). The van der Waals surface area contributed by atoms with Crippen LogP contribution in [0.3, 0.4) is 0 Å². The van der Waals surface area contributed by atoms with Gasteiger partial charge in [-0.3, -0.25) is 10.2 Å². The Morgan fingerprint density at radius 1 is 1.26 bits per heavy atom. The second kappa shape index (κ2) is 8.50. The Morgan fingerprint density at radius 2 is 2.03 bits per heavy atom. The van der Waals surface area contributed by atoms with E-state index in [2.05, 4.69) is 44.6 Å². The third-order valence-electron chi connectivity index (χ3n) is 5.91. The first-order valence-corrected chi connectivity index (χ1v) is 10.3. The van der Waals surface area contributed by atoms with Crippen LogP contribution in [-0.4, -0.2) is 28.9 Å². The molecule has 6 N–H and O–H groups in total. The van der Waals surface area contributed by atoms with E-state index < -0.39 is 6.04 Å². The number of likely N-dealkylation sites (tertiary alicyclic amines) is 1. The summed E-state index contributed by atoms with van der Waals surface area (Å²) in [7, 11) is 0. The molecular formula is C22H25N9. The van der Waals surface area contributed by atoms with Gasteiger partial charge >= 0.3 is 0 Å². The highest BCUT2D eigenvalue weighted by Gasteiger charge is 2.29. The monoisotopic (exact) mass is 415 g/mol. The summed E-state index contributed by atoms with van der Waals surface area (Å²) in [5.41, 5.74) is 15.3. The summed E-state index contributed by atoms with van der Waals surface area (Å²) in [5.74, 6) is 1.47. The molecule has 3 heterocycles. The molecule has 1 aromatic carbocycles. The number of nitrogens with two attached hydrogens (primary N) is 2. The Kier molecular flexibility index (Phi) is 5.61. The Bertz CT molecular complexity index is 1100. The molecule has 1 fully saturated rings. The SMILES string of the molecule is CC1CCN(Cc2cccc(C3N=C(NC#N)Nc4nc(N)c(C#N)c(N)c43)c2)CC1. The predicted octanol–water partition coefficient (Wildman–Crippen LogP) is 2.29. The number of nitrogens with one attached hydrogen (secondary N) is 2. The highest BCUT2D eigenvalue weighted by Crippen LogP contribution is 2.40. The smallest absolute Gasteiger partial charge is 0.211 e. The maximum absolute atomic E-state index is 9.47. The van der Waals surface area contributed by atoms with Crippen LogP contribution in [0.1, 0.15) is 48.1 Å². The molecule has 9 heteroatoms. The Labute approximate surface area is 181 Å². The molecule has 0 aliphatic carbocycles. The number of benzene rings is 1. The highest BCUT2D eigenvalue weighted by atomic mass is 15.2. The summed E-state index contributed by atoms with van der Waals surface area (Å²) in [5, 5.41) is 24.0. The number of nitrogen functional groups attached to an aromatic ring is 2. The lowest BCUT2D eigenvalue weighted by atomic mass is 9.93. The van der Waals surface area contributed by atoms with E-state index in [9.17, 15) is 5.26 Å². The molecule has 0 radical (unpaired) electrons. The van der Waals surface area contributed by atoms with Crippen molar-refractivity contribution in [3.05, 3.63) is 46.5 Å². The fourth-order valence-corrected chi connectivity index (χ4v) is 4.16. The number of nitriles is 2. The van der Waals surface area contributed by atoms with Gasteiger partial charge in [-0.1, -0.05) is 31.2 Å². The van der Waals surface area contributed by atoms with Crippen LogP contribution in [0.2, 0.25) is 0 Å². The van der Waals surface area contributed by atoms with E-state index >= 15 is 0 Å². The molecule has 0 spiro atoms. The number of anilines is 3. The number of fused-ring (bicyclic) bond motifs is 1. The van der Waals surface area contributed by atoms with Crippen molar-refractivity contribution in [2.45, 2.75) is 32.4 Å². The Hall–Kier alpha value is -3.82. The van der Waals surface area contributed by atoms with Gasteiger partial charge in [-0.15, -0.1) is 0 Å². The zero-order valence-corrected chi connectivity index (χ0v) is 17.4. The molecule has 1 aromatic heterocycles. The number of piperidine rings is 1. The highest BCUT2D eigenvalue weighted by molar-refractivity contribution is 5.98. The third-order valence-corrected chi connectivity index (χ3v) is 5.91. The lowest BCUT2D eigenvalue weighted by molar-refractivity contribution is 0.185. The fraction of sp³-hybridized carbons (Fsp3) is 0.364. The van der Waals surface area contributed by atoms with E-state index in [0.29, 0.717) is 11.4 Å². The van der Waals surface area contributed by atoms with E-state index in [-0.39, 0.29) is 23.0 Å². The fourth-order valence-electron chi connectivity index (χ4n) is 4.16. The number of rotatable bonds is 3. The van der Waals surface area contributed by atoms with Crippen LogP contribution in [0.15, 0.2) is 29.3 Å². The average Bonchev–Trinajstić information content (AvgIpc) is 2.75. The lowest BCUT2D eigenvalue weighted by Gasteiger charge is -2.30. The van der Waals surface area contributed by atoms with Crippen molar-refractivity contribution >= 4 is 23.3 Å². The van der Waals surface area contributed by atoms with Crippen LogP contribution < -0.4 is 22.1 Å². The molecule has 2 aliphatic rings. The first-order valence-electron chi connectivity index (χ1n) is 10.3. The number of pyridine rings is 1. The van der Waals surface area contributed by atoms with Crippen molar-refractivity contribution in [2.75, 3.05) is 29.9 Å². The number of hydrogen-bond donors (Lipinski definition) is 4. The van der Waals surface area contributed by atoms with Crippen LogP contribution in [-0.2, 0) is 6.54 Å². The molecule has 158 valence electrons.